The van der Waals surface area contributed by atoms with E-state index in [0.29, 0.717) is 12.8 Å². The molecule has 1 saturated heterocycles. The molecule has 1 atom stereocenters. The highest BCUT2D eigenvalue weighted by Gasteiger charge is 2.34. The molecule has 7 nitrogen and oxygen atoms in total. The number of likely N-dealkylation sites (tertiary alicyclic amines) is 1. The number of hydrogen-bond acceptors (Lipinski definition) is 5. The molecule has 1 aliphatic heterocycles. The first kappa shape index (κ1) is 16.3. The molecule has 0 aliphatic carbocycles. The van der Waals surface area contributed by atoms with E-state index in [9.17, 15) is 14.4 Å². The lowest BCUT2D eigenvalue weighted by atomic mass is 10.2. The van der Waals surface area contributed by atoms with Gasteiger partial charge in [0.2, 0.25) is 5.91 Å². The van der Waals surface area contributed by atoms with Crippen LogP contribution in [0.25, 0.3) is 0 Å². The van der Waals surface area contributed by atoms with E-state index in [1.165, 1.54) is 4.90 Å². The second-order valence-electron chi connectivity index (χ2n) is 5.53. The number of nitrogens with zero attached hydrogens (tertiary/aromatic N) is 1. The van der Waals surface area contributed by atoms with E-state index in [0.717, 1.165) is 0 Å². The van der Waals surface area contributed by atoms with Crippen LogP contribution in [0.4, 0.5) is 4.79 Å². The number of esters is 1. The smallest absolute Gasteiger partial charge is 0.409 e. The number of rotatable bonds is 4. The van der Waals surface area contributed by atoms with Crippen LogP contribution in [0.5, 0.6) is 0 Å². The quantitative estimate of drug-likeness (QED) is 0.780. The highest BCUT2D eigenvalue weighted by Crippen LogP contribution is 2.17. The van der Waals surface area contributed by atoms with Gasteiger partial charge in [-0.25, -0.2) is 4.79 Å². The van der Waals surface area contributed by atoms with Crippen LogP contribution in [0.2, 0.25) is 0 Å². The van der Waals surface area contributed by atoms with E-state index in [1.807, 2.05) is 0 Å². The monoisotopic (exact) mass is 286 g/mol. The topological polar surface area (TPSA) is 84.9 Å². The Morgan fingerprint density at radius 2 is 2.05 bits per heavy atom. The zero-order valence-electron chi connectivity index (χ0n) is 12.4. The maximum atomic E-state index is 11.7. The van der Waals surface area contributed by atoms with E-state index in [-0.39, 0.29) is 19.1 Å². The molecule has 1 unspecified atom stereocenters. The second-order valence-corrected chi connectivity index (χ2v) is 5.53. The standard InChI is InChI=1S/C13H22N2O5/c1-5-19-11(17)8-15-9(6-7-10(15)16)14-12(18)20-13(2,3)4/h9H,5-8H2,1-4H3,(H,14,18). The van der Waals surface area contributed by atoms with Crippen molar-refractivity contribution < 1.29 is 23.9 Å². The van der Waals surface area contributed by atoms with Gasteiger partial charge in [0.15, 0.2) is 0 Å². The van der Waals surface area contributed by atoms with Crippen molar-refractivity contribution in [2.75, 3.05) is 13.2 Å². The van der Waals surface area contributed by atoms with Gasteiger partial charge in [-0.05, 0) is 34.1 Å². The molecule has 2 amide bonds. The molecule has 0 radical (unpaired) electrons. The molecule has 0 aromatic heterocycles. The molecule has 1 N–H and O–H groups in total. The van der Waals surface area contributed by atoms with Crippen LogP contribution in [0.15, 0.2) is 0 Å². The fourth-order valence-corrected chi connectivity index (χ4v) is 1.87. The number of hydrogen-bond donors (Lipinski definition) is 1. The van der Waals surface area contributed by atoms with E-state index in [1.54, 1.807) is 27.7 Å². The highest BCUT2D eigenvalue weighted by atomic mass is 16.6. The summed E-state index contributed by atoms with van der Waals surface area (Å²) < 4.78 is 9.94. The summed E-state index contributed by atoms with van der Waals surface area (Å²) in [5, 5.41) is 2.60. The number of carbonyl (C=O) groups is 3. The molecule has 114 valence electrons. The zero-order chi connectivity index (χ0) is 15.3. The van der Waals surface area contributed by atoms with Gasteiger partial charge in [0, 0.05) is 6.42 Å². The van der Waals surface area contributed by atoms with Gasteiger partial charge >= 0.3 is 12.1 Å². The van der Waals surface area contributed by atoms with Crippen molar-refractivity contribution in [3.05, 3.63) is 0 Å². The number of alkyl carbamates (subject to hydrolysis) is 1. The summed E-state index contributed by atoms with van der Waals surface area (Å²) in [6.45, 7) is 7.05. The van der Waals surface area contributed by atoms with Gasteiger partial charge in [-0.1, -0.05) is 0 Å². The van der Waals surface area contributed by atoms with Crippen LogP contribution in [0.3, 0.4) is 0 Å². The number of nitrogens with one attached hydrogen (secondary N) is 1. The van der Waals surface area contributed by atoms with E-state index < -0.39 is 23.8 Å². The Morgan fingerprint density at radius 3 is 2.60 bits per heavy atom. The predicted octanol–water partition coefficient (Wildman–Crippen LogP) is 1.02. The maximum Gasteiger partial charge on any atom is 0.409 e. The van der Waals surface area contributed by atoms with Crippen molar-refractivity contribution >= 4 is 18.0 Å². The van der Waals surface area contributed by atoms with Crippen LogP contribution >= 0.6 is 0 Å². The minimum atomic E-state index is -0.612. The minimum Gasteiger partial charge on any atom is -0.465 e. The summed E-state index contributed by atoms with van der Waals surface area (Å²) in [6.07, 6.45) is -0.384. The van der Waals surface area contributed by atoms with Gasteiger partial charge in [0.25, 0.3) is 0 Å². The normalized spacial score (nSPS) is 18.9. The Bertz CT molecular complexity index is 389. The molecule has 0 aromatic carbocycles. The van der Waals surface area contributed by atoms with Crippen LogP contribution in [0.1, 0.15) is 40.5 Å². The maximum absolute atomic E-state index is 11.7. The fourth-order valence-electron chi connectivity index (χ4n) is 1.87. The third kappa shape index (κ3) is 5.07. The van der Waals surface area contributed by atoms with Crippen molar-refractivity contribution in [1.82, 2.24) is 10.2 Å². The summed E-state index contributed by atoms with van der Waals surface area (Å²) in [7, 11) is 0. The molecule has 1 heterocycles. The molecule has 1 rings (SSSR count). The van der Waals surface area contributed by atoms with Gasteiger partial charge in [0.1, 0.15) is 18.3 Å². The lowest BCUT2D eigenvalue weighted by Crippen LogP contribution is -2.49. The van der Waals surface area contributed by atoms with E-state index in [2.05, 4.69) is 5.32 Å². The molecule has 0 saturated carbocycles. The third-order valence-corrected chi connectivity index (χ3v) is 2.62. The molecule has 7 heteroatoms. The van der Waals surface area contributed by atoms with Crippen LogP contribution in [0, 0.1) is 0 Å². The number of carbonyl (C=O) groups excluding carboxylic acids is 3. The molecule has 1 fully saturated rings. The van der Waals surface area contributed by atoms with Crippen molar-refractivity contribution in [1.29, 1.82) is 0 Å². The molecule has 20 heavy (non-hydrogen) atoms. The Hall–Kier alpha value is -1.79. The molecule has 0 bridgehead atoms. The summed E-state index contributed by atoms with van der Waals surface area (Å²) in [6, 6.07) is 0. The van der Waals surface area contributed by atoms with Gasteiger partial charge in [-0.3, -0.25) is 9.59 Å². The Morgan fingerprint density at radius 1 is 1.40 bits per heavy atom. The van der Waals surface area contributed by atoms with Gasteiger partial charge in [-0.15, -0.1) is 0 Å². The summed E-state index contributed by atoms with van der Waals surface area (Å²) in [5.74, 6) is -0.669. The summed E-state index contributed by atoms with van der Waals surface area (Å²) in [4.78, 5) is 36.2. The van der Waals surface area contributed by atoms with Crippen molar-refractivity contribution in [3.63, 3.8) is 0 Å². The van der Waals surface area contributed by atoms with E-state index in [4.69, 9.17) is 9.47 Å². The summed E-state index contributed by atoms with van der Waals surface area (Å²) in [5.41, 5.74) is -0.612. The van der Waals surface area contributed by atoms with Crippen molar-refractivity contribution in [2.24, 2.45) is 0 Å². The SMILES string of the molecule is CCOC(=O)CN1C(=O)CCC1NC(=O)OC(C)(C)C. The average molecular weight is 286 g/mol. The van der Waals surface area contributed by atoms with Crippen molar-refractivity contribution in [2.45, 2.75) is 52.3 Å². The van der Waals surface area contributed by atoms with E-state index >= 15 is 0 Å². The van der Waals surface area contributed by atoms with Crippen molar-refractivity contribution in [3.8, 4) is 0 Å². The lowest BCUT2D eigenvalue weighted by molar-refractivity contribution is -0.148. The first-order valence-electron chi connectivity index (χ1n) is 6.67. The Balaban J connectivity index is 2.57. The molecule has 1 aliphatic rings. The minimum absolute atomic E-state index is 0.160. The predicted molar refractivity (Wildman–Crippen MR) is 70.7 cm³/mol. The largest absolute Gasteiger partial charge is 0.465 e. The first-order valence-corrected chi connectivity index (χ1v) is 6.67. The Kier molecular flexibility index (Phi) is 5.35. The lowest BCUT2D eigenvalue weighted by Gasteiger charge is -2.26. The zero-order valence-corrected chi connectivity index (χ0v) is 12.4. The Labute approximate surface area is 118 Å². The number of ether oxygens (including phenoxy) is 2. The molecule has 0 spiro atoms. The highest BCUT2D eigenvalue weighted by molar-refractivity contribution is 5.84. The number of amides is 2. The second kappa shape index (κ2) is 6.58. The average Bonchev–Trinajstić information content (AvgIpc) is 2.59. The third-order valence-electron chi connectivity index (χ3n) is 2.62. The van der Waals surface area contributed by atoms with Gasteiger partial charge < -0.3 is 19.7 Å². The van der Waals surface area contributed by atoms with Gasteiger partial charge in [0.05, 0.1) is 6.61 Å². The molecular weight excluding hydrogens is 264 g/mol. The van der Waals surface area contributed by atoms with Crippen LogP contribution in [-0.2, 0) is 19.1 Å². The molecule has 0 aromatic rings. The fraction of sp³-hybridized carbons (Fsp3) is 0.769. The summed E-state index contributed by atoms with van der Waals surface area (Å²) >= 11 is 0. The molecular formula is C13H22N2O5. The first-order chi connectivity index (χ1) is 9.23. The van der Waals surface area contributed by atoms with Crippen LogP contribution < -0.4 is 5.32 Å². The van der Waals surface area contributed by atoms with Crippen LogP contribution in [-0.4, -0.2) is 47.8 Å². The van der Waals surface area contributed by atoms with Gasteiger partial charge in [-0.2, -0.15) is 0 Å².